The van der Waals surface area contributed by atoms with Crippen molar-refractivity contribution in [2.45, 2.75) is 38.0 Å². The Morgan fingerprint density at radius 1 is 1.06 bits per heavy atom. The lowest BCUT2D eigenvalue weighted by Crippen LogP contribution is -2.51. The number of ether oxygens (including phenoxy) is 1. The Bertz CT molecular complexity index is 290. The molecule has 0 aliphatic rings. The first-order chi connectivity index (χ1) is 7.67. The largest absolute Gasteiger partial charge is 0.461 e. The van der Waals surface area contributed by atoms with Crippen LogP contribution < -0.4 is 0 Å². The van der Waals surface area contributed by atoms with Crippen LogP contribution in [-0.2, 0) is 14.3 Å². The molecule has 0 spiro atoms. The molecule has 0 aromatic carbocycles. The van der Waals surface area contributed by atoms with E-state index in [1.54, 1.807) is 6.92 Å². The van der Waals surface area contributed by atoms with E-state index in [0.29, 0.717) is 12.8 Å². The highest BCUT2D eigenvalue weighted by Crippen LogP contribution is 2.36. The van der Waals surface area contributed by atoms with Crippen LogP contribution in [0, 0.1) is 0 Å². The van der Waals surface area contributed by atoms with Crippen LogP contribution in [-0.4, -0.2) is 30.5 Å². The molecule has 17 heavy (non-hydrogen) atoms. The maximum Gasteiger partial charge on any atom is 0.414 e. The van der Waals surface area contributed by atoms with Crippen LogP contribution in [0.3, 0.4) is 0 Å². The highest BCUT2D eigenvalue weighted by atomic mass is 19.3. The second-order valence-electron chi connectivity index (χ2n) is 3.27. The summed E-state index contributed by atoms with van der Waals surface area (Å²) in [6.07, 6.45) is 1.47. The molecule has 0 aliphatic carbocycles. The Hall–Kier alpha value is -1.21. The average Bonchev–Trinajstić information content (AvgIpc) is 2.23. The highest BCUT2D eigenvalue weighted by Gasteiger charge is 2.68. The van der Waals surface area contributed by atoms with Gasteiger partial charge in [0.15, 0.2) is 0 Å². The molecule has 8 heteroatoms. The van der Waals surface area contributed by atoms with Gasteiger partial charge in [-0.3, -0.25) is 4.79 Å². The molecule has 0 unspecified atom stereocenters. The van der Waals surface area contributed by atoms with E-state index in [2.05, 4.69) is 4.74 Å². The van der Waals surface area contributed by atoms with Gasteiger partial charge in [-0.05, 0) is 6.42 Å². The van der Waals surface area contributed by atoms with Gasteiger partial charge in [-0.25, -0.2) is 4.79 Å². The van der Waals surface area contributed by atoms with Gasteiger partial charge < -0.3 is 4.74 Å². The second kappa shape index (κ2) is 5.92. The van der Waals surface area contributed by atoms with Crippen molar-refractivity contribution in [1.82, 2.24) is 0 Å². The van der Waals surface area contributed by atoms with Crippen molar-refractivity contribution in [1.29, 1.82) is 0 Å². The van der Waals surface area contributed by atoms with Crippen molar-refractivity contribution in [2.75, 3.05) is 6.61 Å². The molecule has 0 rings (SSSR count). The zero-order valence-corrected chi connectivity index (χ0v) is 8.94. The van der Waals surface area contributed by atoms with E-state index in [-0.39, 0.29) is 6.42 Å². The number of unbranched alkanes of at least 4 members (excludes halogenated alkanes) is 2. The van der Waals surface area contributed by atoms with Crippen molar-refractivity contribution in [2.24, 2.45) is 0 Å². The summed E-state index contributed by atoms with van der Waals surface area (Å²) in [5.41, 5.74) is 0. The molecule has 0 fully saturated rings. The lowest BCUT2D eigenvalue weighted by molar-refractivity contribution is -0.230. The van der Waals surface area contributed by atoms with Crippen molar-refractivity contribution in [3.63, 3.8) is 0 Å². The number of carbonyl (C=O) groups excluding carboxylic acids is 2. The van der Waals surface area contributed by atoms with Crippen molar-refractivity contribution < 1.29 is 36.3 Å². The number of esters is 1. The Morgan fingerprint density at radius 2 is 1.59 bits per heavy atom. The van der Waals surface area contributed by atoms with Gasteiger partial charge in [-0.15, -0.1) is 0 Å². The third-order valence-corrected chi connectivity index (χ3v) is 1.88. The Morgan fingerprint density at radius 3 is 2.00 bits per heavy atom. The predicted molar refractivity (Wildman–Crippen MR) is 46.5 cm³/mol. The number of alkyl halides is 4. The smallest absolute Gasteiger partial charge is 0.414 e. The van der Waals surface area contributed by atoms with Crippen molar-refractivity contribution in [3.8, 4) is 0 Å². The number of hydrogen-bond acceptors (Lipinski definition) is 3. The first kappa shape index (κ1) is 15.8. The number of carbonyl (C=O) groups is 2. The van der Waals surface area contributed by atoms with Crippen LogP contribution in [0.4, 0.5) is 22.0 Å². The molecule has 0 radical (unpaired) electrons. The zero-order valence-electron chi connectivity index (χ0n) is 8.94. The lowest BCUT2D eigenvalue weighted by atomic mass is 10.2. The fourth-order valence-corrected chi connectivity index (χ4v) is 0.859. The minimum Gasteiger partial charge on any atom is -0.461 e. The third kappa shape index (κ3) is 3.64. The molecule has 0 saturated heterocycles. The van der Waals surface area contributed by atoms with E-state index in [0.717, 1.165) is 0 Å². The fourth-order valence-electron chi connectivity index (χ4n) is 0.859. The minimum absolute atomic E-state index is 0.216. The second-order valence-corrected chi connectivity index (χ2v) is 3.27. The summed E-state index contributed by atoms with van der Waals surface area (Å²) in [6, 6.07) is -3.58. The topological polar surface area (TPSA) is 43.4 Å². The summed E-state index contributed by atoms with van der Waals surface area (Å²) in [5.74, 6) is -13.8. The van der Waals surface area contributed by atoms with Crippen LogP contribution >= 0.6 is 0 Å². The molecule has 0 bridgehead atoms. The van der Waals surface area contributed by atoms with Crippen molar-refractivity contribution >= 4 is 12.0 Å². The lowest BCUT2D eigenvalue weighted by Gasteiger charge is -2.20. The molecular weight excluding hydrogens is 251 g/mol. The minimum atomic E-state index is -5.70. The molecule has 0 aromatic heterocycles. The summed E-state index contributed by atoms with van der Waals surface area (Å²) >= 11 is 0. The van der Waals surface area contributed by atoms with Gasteiger partial charge in [-0.1, -0.05) is 19.8 Å². The van der Waals surface area contributed by atoms with E-state index in [9.17, 15) is 31.5 Å². The summed E-state index contributed by atoms with van der Waals surface area (Å²) in [5, 5.41) is 0. The van der Waals surface area contributed by atoms with Crippen LogP contribution in [0.5, 0.6) is 0 Å². The molecule has 0 aliphatic heterocycles. The van der Waals surface area contributed by atoms with Crippen LogP contribution in [0.15, 0.2) is 0 Å². The maximum atomic E-state index is 12.7. The Kier molecular flexibility index (Phi) is 5.50. The van der Waals surface area contributed by atoms with Gasteiger partial charge >= 0.3 is 23.9 Å². The molecule has 0 atom stereocenters. The standard InChI is InChI=1S/C9H11F5O3/c1-2-3-4-5-17-7(16)9(13,14)8(11,12)6(10)15/h2-5H2,1H3. The molecular formula is C9H11F5O3. The predicted octanol–water partition coefficient (Wildman–Crippen LogP) is 2.49. The van der Waals surface area contributed by atoms with Gasteiger partial charge in [0.2, 0.25) is 0 Å². The van der Waals surface area contributed by atoms with E-state index >= 15 is 0 Å². The SMILES string of the molecule is CCCCCOC(=O)C(F)(F)C(F)(F)C(=O)F. The number of hydrogen-bond donors (Lipinski definition) is 0. The Labute approximate surface area is 93.9 Å². The van der Waals surface area contributed by atoms with Crippen LogP contribution in [0.2, 0.25) is 0 Å². The molecule has 100 valence electrons. The van der Waals surface area contributed by atoms with Crippen molar-refractivity contribution in [3.05, 3.63) is 0 Å². The van der Waals surface area contributed by atoms with Gasteiger partial charge in [-0.2, -0.15) is 22.0 Å². The fraction of sp³-hybridized carbons (Fsp3) is 0.778. The quantitative estimate of drug-likeness (QED) is 0.306. The monoisotopic (exact) mass is 262 g/mol. The molecule has 0 N–H and O–H groups in total. The van der Waals surface area contributed by atoms with Gasteiger partial charge in [0.1, 0.15) is 0 Å². The van der Waals surface area contributed by atoms with Crippen LogP contribution in [0.25, 0.3) is 0 Å². The van der Waals surface area contributed by atoms with E-state index in [1.807, 2.05) is 0 Å². The maximum absolute atomic E-state index is 12.7. The Balaban J connectivity index is 4.50. The number of halogens is 5. The summed E-state index contributed by atoms with van der Waals surface area (Å²) in [7, 11) is 0. The van der Waals surface area contributed by atoms with E-state index < -0.39 is 30.5 Å². The van der Waals surface area contributed by atoms with Gasteiger partial charge in [0.25, 0.3) is 0 Å². The normalized spacial score (nSPS) is 12.4. The van der Waals surface area contributed by atoms with E-state index in [4.69, 9.17) is 0 Å². The first-order valence-corrected chi connectivity index (χ1v) is 4.80. The summed E-state index contributed by atoms with van der Waals surface area (Å²) in [4.78, 5) is 20.3. The number of rotatable bonds is 7. The molecule has 0 heterocycles. The summed E-state index contributed by atoms with van der Waals surface area (Å²) < 4.78 is 65.6. The van der Waals surface area contributed by atoms with E-state index in [1.165, 1.54) is 0 Å². The molecule has 3 nitrogen and oxygen atoms in total. The third-order valence-electron chi connectivity index (χ3n) is 1.88. The zero-order chi connectivity index (χ0) is 13.7. The first-order valence-electron chi connectivity index (χ1n) is 4.80. The molecule has 0 saturated carbocycles. The van der Waals surface area contributed by atoms with Gasteiger partial charge in [0.05, 0.1) is 6.61 Å². The highest BCUT2D eigenvalue weighted by molar-refractivity contribution is 5.89. The molecule has 0 amide bonds. The van der Waals surface area contributed by atoms with Gasteiger partial charge in [0, 0.05) is 0 Å². The average molecular weight is 262 g/mol. The summed E-state index contributed by atoms with van der Waals surface area (Å²) in [6.45, 7) is 1.30. The molecule has 0 aromatic rings. The van der Waals surface area contributed by atoms with Crippen LogP contribution in [0.1, 0.15) is 26.2 Å².